The largest absolute Gasteiger partial charge is 0.481 e. The van der Waals surface area contributed by atoms with Gasteiger partial charge in [0.05, 0.1) is 12.7 Å². The van der Waals surface area contributed by atoms with Crippen LogP contribution in [0.4, 0.5) is 0 Å². The molecule has 23 heavy (non-hydrogen) atoms. The van der Waals surface area contributed by atoms with Gasteiger partial charge in [0.1, 0.15) is 18.0 Å². The first-order valence-corrected chi connectivity index (χ1v) is 7.06. The molecule has 1 amide bonds. The molecule has 0 bridgehead atoms. The molecule has 2 rings (SSSR count). The summed E-state index contributed by atoms with van der Waals surface area (Å²) >= 11 is 0. The summed E-state index contributed by atoms with van der Waals surface area (Å²) in [6, 6.07) is 7.41. The molecule has 8 nitrogen and oxygen atoms in total. The molecule has 2 aromatic rings. The maximum absolute atomic E-state index is 12.0. The number of aromatic nitrogens is 3. The number of hydrogen-bond donors (Lipinski definition) is 2. The maximum Gasteiger partial charge on any atom is 0.325 e. The summed E-state index contributed by atoms with van der Waals surface area (Å²) in [5.74, 6) is -0.686. The molecule has 0 aliphatic carbocycles. The van der Waals surface area contributed by atoms with Crippen molar-refractivity contribution in [3.63, 3.8) is 0 Å². The predicted octanol–water partition coefficient (Wildman–Crippen LogP) is 0.755. The Hall–Kier alpha value is -2.90. The Morgan fingerprint density at radius 1 is 1.35 bits per heavy atom. The SMILES string of the molecule is Cc1ccc(OC(C)C(=O)NCc2cn(CC(=O)O)nn2)cc1. The highest BCUT2D eigenvalue weighted by Gasteiger charge is 2.15. The lowest BCUT2D eigenvalue weighted by molar-refractivity contribution is -0.138. The number of aryl methyl sites for hydroxylation is 1. The first kappa shape index (κ1) is 16.5. The Kier molecular flexibility index (Phi) is 5.29. The molecule has 0 spiro atoms. The average Bonchev–Trinajstić information content (AvgIpc) is 2.93. The zero-order valence-electron chi connectivity index (χ0n) is 12.9. The van der Waals surface area contributed by atoms with Crippen LogP contribution in [0.2, 0.25) is 0 Å². The van der Waals surface area contributed by atoms with Crippen molar-refractivity contribution >= 4 is 11.9 Å². The number of amides is 1. The van der Waals surface area contributed by atoms with Gasteiger partial charge in [-0.1, -0.05) is 22.9 Å². The third-order valence-electron chi connectivity index (χ3n) is 3.03. The van der Waals surface area contributed by atoms with Crippen LogP contribution < -0.4 is 10.1 Å². The maximum atomic E-state index is 12.0. The van der Waals surface area contributed by atoms with E-state index >= 15 is 0 Å². The summed E-state index contributed by atoms with van der Waals surface area (Å²) in [6.07, 6.45) is 0.812. The number of hydrogen-bond acceptors (Lipinski definition) is 5. The predicted molar refractivity (Wildman–Crippen MR) is 80.8 cm³/mol. The van der Waals surface area contributed by atoms with Crippen molar-refractivity contribution in [1.82, 2.24) is 20.3 Å². The molecule has 1 aromatic heterocycles. The molecule has 1 heterocycles. The van der Waals surface area contributed by atoms with Crippen molar-refractivity contribution in [2.75, 3.05) is 0 Å². The van der Waals surface area contributed by atoms with Crippen LogP contribution in [0.3, 0.4) is 0 Å². The molecule has 0 radical (unpaired) electrons. The molecule has 122 valence electrons. The lowest BCUT2D eigenvalue weighted by Crippen LogP contribution is -2.36. The van der Waals surface area contributed by atoms with Crippen molar-refractivity contribution in [3.05, 3.63) is 41.7 Å². The van der Waals surface area contributed by atoms with Crippen LogP contribution in [0.5, 0.6) is 5.75 Å². The molecular weight excluding hydrogens is 300 g/mol. The lowest BCUT2D eigenvalue weighted by Gasteiger charge is -2.14. The van der Waals surface area contributed by atoms with Gasteiger partial charge in [-0.3, -0.25) is 9.59 Å². The monoisotopic (exact) mass is 318 g/mol. The lowest BCUT2D eigenvalue weighted by atomic mass is 10.2. The highest BCUT2D eigenvalue weighted by atomic mass is 16.5. The van der Waals surface area contributed by atoms with Gasteiger partial charge in [-0.2, -0.15) is 0 Å². The van der Waals surface area contributed by atoms with Gasteiger partial charge in [0, 0.05) is 0 Å². The fraction of sp³-hybridized carbons (Fsp3) is 0.333. The van der Waals surface area contributed by atoms with Crippen LogP contribution in [-0.2, 0) is 22.7 Å². The molecule has 1 atom stereocenters. The number of carboxylic acid groups (broad SMARTS) is 1. The standard InChI is InChI=1S/C15H18N4O4/c1-10-3-5-13(6-4-10)23-11(2)15(22)16-7-12-8-19(18-17-12)9-14(20)21/h3-6,8,11H,7,9H2,1-2H3,(H,16,22)(H,20,21). The van der Waals surface area contributed by atoms with Crippen molar-refractivity contribution in [1.29, 1.82) is 0 Å². The van der Waals surface area contributed by atoms with Crippen molar-refractivity contribution in [2.24, 2.45) is 0 Å². The number of ether oxygens (including phenoxy) is 1. The fourth-order valence-corrected chi connectivity index (χ4v) is 1.83. The summed E-state index contributed by atoms with van der Waals surface area (Å²) in [7, 11) is 0. The molecule has 0 saturated heterocycles. The van der Waals surface area contributed by atoms with Gasteiger partial charge in [0.15, 0.2) is 6.10 Å². The van der Waals surface area contributed by atoms with E-state index in [1.807, 2.05) is 19.1 Å². The number of carboxylic acids is 1. The second-order valence-electron chi connectivity index (χ2n) is 5.09. The number of benzene rings is 1. The van der Waals surface area contributed by atoms with Crippen LogP contribution in [0.15, 0.2) is 30.5 Å². The summed E-state index contributed by atoms with van der Waals surface area (Å²) in [6.45, 7) is 3.50. The van der Waals surface area contributed by atoms with E-state index in [4.69, 9.17) is 9.84 Å². The van der Waals surface area contributed by atoms with Crippen LogP contribution >= 0.6 is 0 Å². The Bertz CT molecular complexity index is 681. The first-order chi connectivity index (χ1) is 10.9. The van der Waals surface area contributed by atoms with E-state index in [1.54, 1.807) is 19.1 Å². The first-order valence-electron chi connectivity index (χ1n) is 7.06. The molecule has 2 N–H and O–H groups in total. The zero-order valence-corrected chi connectivity index (χ0v) is 12.9. The number of nitrogens with zero attached hydrogens (tertiary/aromatic N) is 3. The van der Waals surface area contributed by atoms with Gasteiger partial charge in [0.25, 0.3) is 5.91 Å². The third-order valence-corrected chi connectivity index (χ3v) is 3.03. The minimum absolute atomic E-state index is 0.153. The van der Waals surface area contributed by atoms with E-state index in [0.29, 0.717) is 11.4 Å². The van der Waals surface area contributed by atoms with Crippen LogP contribution in [0.25, 0.3) is 0 Å². The average molecular weight is 318 g/mol. The molecule has 1 unspecified atom stereocenters. The van der Waals surface area contributed by atoms with Crippen LogP contribution in [-0.4, -0.2) is 38.1 Å². The number of carbonyl (C=O) groups excluding carboxylic acids is 1. The smallest absolute Gasteiger partial charge is 0.325 e. The third kappa shape index (κ3) is 5.10. The van der Waals surface area contributed by atoms with E-state index in [-0.39, 0.29) is 19.0 Å². The fourth-order valence-electron chi connectivity index (χ4n) is 1.83. The second-order valence-corrected chi connectivity index (χ2v) is 5.09. The number of aliphatic carboxylic acids is 1. The normalized spacial score (nSPS) is 11.7. The van der Waals surface area contributed by atoms with E-state index < -0.39 is 12.1 Å². The zero-order chi connectivity index (χ0) is 16.8. The Balaban J connectivity index is 1.82. The molecule has 0 saturated carbocycles. The molecule has 8 heteroatoms. The van der Waals surface area contributed by atoms with Gasteiger partial charge < -0.3 is 15.2 Å². The van der Waals surface area contributed by atoms with E-state index in [2.05, 4.69) is 15.6 Å². The Labute approximate surface area is 133 Å². The Morgan fingerprint density at radius 3 is 2.70 bits per heavy atom. The summed E-state index contributed by atoms with van der Waals surface area (Å²) in [5.41, 5.74) is 1.58. The van der Waals surface area contributed by atoms with Crippen molar-refractivity contribution < 1.29 is 19.4 Å². The Morgan fingerprint density at radius 2 is 2.04 bits per heavy atom. The van der Waals surface area contributed by atoms with Crippen LogP contribution in [0.1, 0.15) is 18.2 Å². The van der Waals surface area contributed by atoms with E-state index in [0.717, 1.165) is 5.56 Å². The van der Waals surface area contributed by atoms with Gasteiger partial charge >= 0.3 is 5.97 Å². The highest BCUT2D eigenvalue weighted by molar-refractivity contribution is 5.80. The molecular formula is C15H18N4O4. The topological polar surface area (TPSA) is 106 Å². The summed E-state index contributed by atoms with van der Waals surface area (Å²) < 4.78 is 6.74. The second kappa shape index (κ2) is 7.39. The molecule has 1 aromatic carbocycles. The minimum Gasteiger partial charge on any atom is -0.481 e. The summed E-state index contributed by atoms with van der Waals surface area (Å²) in [4.78, 5) is 22.5. The van der Waals surface area contributed by atoms with E-state index in [9.17, 15) is 9.59 Å². The highest BCUT2D eigenvalue weighted by Crippen LogP contribution is 2.13. The molecule has 0 fully saturated rings. The van der Waals surface area contributed by atoms with Crippen molar-refractivity contribution in [2.45, 2.75) is 33.0 Å². The van der Waals surface area contributed by atoms with E-state index in [1.165, 1.54) is 10.9 Å². The molecule has 0 aliphatic rings. The van der Waals surface area contributed by atoms with Gasteiger partial charge in [-0.15, -0.1) is 5.10 Å². The number of nitrogens with one attached hydrogen (secondary N) is 1. The van der Waals surface area contributed by atoms with Gasteiger partial charge in [-0.25, -0.2) is 4.68 Å². The number of rotatable bonds is 7. The van der Waals surface area contributed by atoms with Crippen molar-refractivity contribution in [3.8, 4) is 5.75 Å². The van der Waals surface area contributed by atoms with Gasteiger partial charge in [0.2, 0.25) is 0 Å². The van der Waals surface area contributed by atoms with Gasteiger partial charge in [-0.05, 0) is 26.0 Å². The molecule has 0 aliphatic heterocycles. The quantitative estimate of drug-likeness (QED) is 0.780. The number of carbonyl (C=O) groups is 2. The van der Waals surface area contributed by atoms with Crippen LogP contribution in [0, 0.1) is 6.92 Å². The summed E-state index contributed by atoms with van der Waals surface area (Å²) in [5, 5.41) is 18.8. The minimum atomic E-state index is -1.01.